The van der Waals surface area contributed by atoms with E-state index >= 15 is 0 Å². The van der Waals surface area contributed by atoms with Crippen LogP contribution in [-0.4, -0.2) is 19.1 Å². The van der Waals surface area contributed by atoms with Crippen LogP contribution in [0, 0.1) is 5.92 Å². The number of esters is 1. The molecule has 1 N–H and O–H groups in total. The number of hydrogen-bond donors (Lipinski definition) is 1. The summed E-state index contributed by atoms with van der Waals surface area (Å²) in [6.45, 7) is 3.09. The molecule has 0 amide bonds. The largest absolute Gasteiger partial charge is 0.465 e. The van der Waals surface area contributed by atoms with Crippen molar-refractivity contribution in [2.75, 3.05) is 7.11 Å². The number of hydrogen-bond acceptors (Lipinski definition) is 3. The average molecular weight is 340 g/mol. The summed E-state index contributed by atoms with van der Waals surface area (Å²) in [5.74, 6) is 0.507. The van der Waals surface area contributed by atoms with Crippen LogP contribution in [0.25, 0.3) is 0 Å². The third-order valence-electron chi connectivity index (χ3n) is 4.20. The van der Waals surface area contributed by atoms with E-state index < -0.39 is 0 Å². The standard InChI is InChI=1S/C16H22BrNO2/c1-11(12-5-3-4-6-12)18-10-14-8-7-13(9-15(14)17)16(19)20-2/h7-9,11-12,18H,3-6,10H2,1-2H3/t11-/m1/s1. The summed E-state index contributed by atoms with van der Waals surface area (Å²) in [7, 11) is 1.40. The van der Waals surface area contributed by atoms with Crippen LogP contribution in [0.1, 0.15) is 48.5 Å². The molecule has 0 saturated heterocycles. The van der Waals surface area contributed by atoms with E-state index in [1.807, 2.05) is 18.2 Å². The molecule has 1 aliphatic rings. The Morgan fingerprint density at radius 3 is 2.75 bits per heavy atom. The van der Waals surface area contributed by atoms with Gasteiger partial charge in [0.05, 0.1) is 12.7 Å². The first-order valence-electron chi connectivity index (χ1n) is 7.22. The van der Waals surface area contributed by atoms with Crippen molar-refractivity contribution in [1.29, 1.82) is 0 Å². The summed E-state index contributed by atoms with van der Waals surface area (Å²) in [4.78, 5) is 11.5. The van der Waals surface area contributed by atoms with Gasteiger partial charge in [0.25, 0.3) is 0 Å². The highest BCUT2D eigenvalue weighted by Gasteiger charge is 2.21. The highest BCUT2D eigenvalue weighted by atomic mass is 79.9. The number of carbonyl (C=O) groups is 1. The van der Waals surface area contributed by atoms with Gasteiger partial charge in [0.2, 0.25) is 0 Å². The predicted molar refractivity (Wildman–Crippen MR) is 83.7 cm³/mol. The predicted octanol–water partition coefficient (Wildman–Crippen LogP) is 3.90. The number of benzene rings is 1. The Bertz CT molecular complexity index is 470. The van der Waals surface area contributed by atoms with Gasteiger partial charge in [-0.1, -0.05) is 34.8 Å². The van der Waals surface area contributed by atoms with Gasteiger partial charge in [-0.3, -0.25) is 0 Å². The molecule has 1 aromatic rings. The molecule has 110 valence electrons. The van der Waals surface area contributed by atoms with E-state index in [0.717, 1.165) is 16.9 Å². The molecule has 0 radical (unpaired) electrons. The minimum absolute atomic E-state index is 0.301. The van der Waals surface area contributed by atoms with Gasteiger partial charge in [-0.15, -0.1) is 0 Å². The summed E-state index contributed by atoms with van der Waals surface area (Å²) < 4.78 is 5.67. The molecule has 1 saturated carbocycles. The summed E-state index contributed by atoms with van der Waals surface area (Å²) in [5, 5.41) is 3.60. The molecule has 1 aromatic carbocycles. The highest BCUT2D eigenvalue weighted by molar-refractivity contribution is 9.10. The average Bonchev–Trinajstić information content (AvgIpc) is 2.99. The number of rotatable bonds is 5. The van der Waals surface area contributed by atoms with Crippen molar-refractivity contribution in [1.82, 2.24) is 5.32 Å². The molecule has 0 unspecified atom stereocenters. The van der Waals surface area contributed by atoms with Gasteiger partial charge in [-0.05, 0) is 43.4 Å². The van der Waals surface area contributed by atoms with Gasteiger partial charge >= 0.3 is 5.97 Å². The Hall–Kier alpha value is -0.870. The maximum atomic E-state index is 11.5. The lowest BCUT2D eigenvalue weighted by molar-refractivity contribution is 0.0600. The molecule has 4 heteroatoms. The van der Waals surface area contributed by atoms with Gasteiger partial charge in [-0.25, -0.2) is 4.79 Å². The van der Waals surface area contributed by atoms with Crippen LogP contribution < -0.4 is 5.32 Å². The topological polar surface area (TPSA) is 38.3 Å². The summed E-state index contributed by atoms with van der Waals surface area (Å²) >= 11 is 3.53. The Labute approximate surface area is 129 Å². The third-order valence-corrected chi connectivity index (χ3v) is 4.93. The molecule has 0 aliphatic heterocycles. The fourth-order valence-corrected chi connectivity index (χ4v) is 3.35. The number of carbonyl (C=O) groups excluding carboxylic acids is 1. The fraction of sp³-hybridized carbons (Fsp3) is 0.562. The second kappa shape index (κ2) is 7.23. The minimum Gasteiger partial charge on any atom is -0.465 e. The van der Waals surface area contributed by atoms with E-state index in [0.29, 0.717) is 11.6 Å². The fourth-order valence-electron chi connectivity index (χ4n) is 2.83. The van der Waals surface area contributed by atoms with Gasteiger partial charge in [0, 0.05) is 17.1 Å². The quantitative estimate of drug-likeness (QED) is 0.826. The number of methoxy groups -OCH3 is 1. The van der Waals surface area contributed by atoms with Crippen LogP contribution in [0.15, 0.2) is 22.7 Å². The van der Waals surface area contributed by atoms with Crippen LogP contribution >= 0.6 is 15.9 Å². The van der Waals surface area contributed by atoms with Crippen molar-refractivity contribution < 1.29 is 9.53 Å². The van der Waals surface area contributed by atoms with Gasteiger partial charge in [0.1, 0.15) is 0 Å². The molecule has 20 heavy (non-hydrogen) atoms. The molecule has 1 atom stereocenters. The van der Waals surface area contributed by atoms with Crippen molar-refractivity contribution in [2.24, 2.45) is 5.92 Å². The molecule has 0 bridgehead atoms. The van der Waals surface area contributed by atoms with Crippen molar-refractivity contribution >= 4 is 21.9 Å². The van der Waals surface area contributed by atoms with E-state index in [1.165, 1.54) is 38.4 Å². The van der Waals surface area contributed by atoms with Gasteiger partial charge in [0.15, 0.2) is 0 Å². The Morgan fingerprint density at radius 1 is 1.45 bits per heavy atom. The Kier molecular flexibility index (Phi) is 5.61. The van der Waals surface area contributed by atoms with Crippen molar-refractivity contribution in [2.45, 2.75) is 45.2 Å². The van der Waals surface area contributed by atoms with Crippen LogP contribution in [0.3, 0.4) is 0 Å². The number of ether oxygens (including phenoxy) is 1. The molecule has 0 spiro atoms. The molecule has 2 rings (SSSR count). The zero-order chi connectivity index (χ0) is 14.5. The van der Waals surface area contributed by atoms with Gasteiger partial charge < -0.3 is 10.1 Å². The lowest BCUT2D eigenvalue weighted by atomic mass is 9.99. The third kappa shape index (κ3) is 3.83. The second-order valence-electron chi connectivity index (χ2n) is 5.51. The number of nitrogens with one attached hydrogen (secondary N) is 1. The zero-order valence-corrected chi connectivity index (χ0v) is 13.7. The van der Waals surface area contributed by atoms with Crippen LogP contribution in [0.4, 0.5) is 0 Å². The van der Waals surface area contributed by atoms with E-state index in [4.69, 9.17) is 4.74 Å². The minimum atomic E-state index is -0.301. The van der Waals surface area contributed by atoms with E-state index in [2.05, 4.69) is 28.2 Å². The monoisotopic (exact) mass is 339 g/mol. The summed E-state index contributed by atoms with van der Waals surface area (Å²) in [6, 6.07) is 6.16. The first-order chi connectivity index (χ1) is 9.61. The molecule has 1 aliphatic carbocycles. The van der Waals surface area contributed by atoms with Crippen molar-refractivity contribution in [3.05, 3.63) is 33.8 Å². The highest BCUT2D eigenvalue weighted by Crippen LogP contribution is 2.28. The second-order valence-corrected chi connectivity index (χ2v) is 6.37. The van der Waals surface area contributed by atoms with Crippen LogP contribution in [-0.2, 0) is 11.3 Å². The van der Waals surface area contributed by atoms with Crippen molar-refractivity contribution in [3.8, 4) is 0 Å². The first-order valence-corrected chi connectivity index (χ1v) is 8.01. The molecular formula is C16H22BrNO2. The normalized spacial score (nSPS) is 17.1. The molecule has 1 fully saturated rings. The zero-order valence-electron chi connectivity index (χ0n) is 12.1. The summed E-state index contributed by atoms with van der Waals surface area (Å²) in [6.07, 6.45) is 5.43. The number of halogens is 1. The molecular weight excluding hydrogens is 318 g/mol. The van der Waals surface area contributed by atoms with Crippen LogP contribution in [0.2, 0.25) is 0 Å². The van der Waals surface area contributed by atoms with E-state index in [9.17, 15) is 4.79 Å². The SMILES string of the molecule is COC(=O)c1ccc(CN[C@H](C)C2CCCC2)c(Br)c1. The molecule has 3 nitrogen and oxygen atoms in total. The Balaban J connectivity index is 1.94. The lowest BCUT2D eigenvalue weighted by Gasteiger charge is -2.20. The van der Waals surface area contributed by atoms with E-state index in [1.54, 1.807) is 0 Å². The molecule has 0 heterocycles. The van der Waals surface area contributed by atoms with Crippen molar-refractivity contribution in [3.63, 3.8) is 0 Å². The smallest absolute Gasteiger partial charge is 0.337 e. The Morgan fingerprint density at radius 2 is 2.15 bits per heavy atom. The lowest BCUT2D eigenvalue weighted by Crippen LogP contribution is -2.31. The van der Waals surface area contributed by atoms with Crippen LogP contribution in [0.5, 0.6) is 0 Å². The maximum absolute atomic E-state index is 11.5. The summed E-state index contributed by atoms with van der Waals surface area (Å²) in [5.41, 5.74) is 1.74. The van der Waals surface area contributed by atoms with Gasteiger partial charge in [-0.2, -0.15) is 0 Å². The maximum Gasteiger partial charge on any atom is 0.337 e. The first kappa shape index (κ1) is 15.5. The van der Waals surface area contributed by atoms with E-state index in [-0.39, 0.29) is 5.97 Å². The molecule has 0 aromatic heterocycles.